The third kappa shape index (κ3) is 1.76. The van der Waals surface area contributed by atoms with E-state index in [1.54, 1.807) is 12.3 Å². The van der Waals surface area contributed by atoms with E-state index >= 15 is 0 Å². The molecule has 1 fully saturated rings. The first-order chi connectivity index (χ1) is 7.83. The van der Waals surface area contributed by atoms with E-state index < -0.39 is 0 Å². The molecule has 2 nitrogen and oxygen atoms in total. The van der Waals surface area contributed by atoms with Crippen LogP contribution in [0, 0.1) is 17.7 Å². The summed E-state index contributed by atoms with van der Waals surface area (Å²) in [6.07, 6.45) is 7.45. The number of halogens is 1. The van der Waals surface area contributed by atoms with Gasteiger partial charge in [0.2, 0.25) is 0 Å². The molecule has 2 unspecified atom stereocenters. The molecule has 0 bridgehead atoms. The van der Waals surface area contributed by atoms with Gasteiger partial charge >= 0.3 is 0 Å². The van der Waals surface area contributed by atoms with Crippen molar-refractivity contribution >= 4 is 5.57 Å². The number of nitrogens with zero attached hydrogens (tertiary/aromatic N) is 1. The molecule has 1 saturated heterocycles. The van der Waals surface area contributed by atoms with E-state index in [2.05, 4.69) is 16.4 Å². The first-order valence-electron chi connectivity index (χ1n) is 5.83. The average Bonchev–Trinajstić information content (AvgIpc) is 2.75. The minimum atomic E-state index is -0.245. The smallest absolute Gasteiger partial charge is 0.142 e. The van der Waals surface area contributed by atoms with E-state index in [0.29, 0.717) is 0 Å². The number of aromatic nitrogens is 1. The fourth-order valence-corrected chi connectivity index (χ4v) is 2.78. The number of rotatable bonds is 1. The predicted molar refractivity (Wildman–Crippen MR) is 61.3 cm³/mol. The molecular formula is C13H15FN2. The van der Waals surface area contributed by atoms with Crippen molar-refractivity contribution in [1.82, 2.24) is 10.3 Å². The highest BCUT2D eigenvalue weighted by atomic mass is 19.1. The number of fused-ring (bicyclic) bond motifs is 1. The first-order valence-corrected chi connectivity index (χ1v) is 5.83. The normalized spacial score (nSPS) is 28.7. The van der Waals surface area contributed by atoms with Crippen molar-refractivity contribution in [3.05, 3.63) is 35.9 Å². The van der Waals surface area contributed by atoms with E-state index in [-0.39, 0.29) is 5.82 Å². The summed E-state index contributed by atoms with van der Waals surface area (Å²) < 4.78 is 13.1. The maximum absolute atomic E-state index is 13.1. The van der Waals surface area contributed by atoms with Crippen LogP contribution in [0.4, 0.5) is 4.39 Å². The molecule has 3 heteroatoms. The first kappa shape index (κ1) is 9.97. The number of hydrogen-bond donors (Lipinski definition) is 1. The Morgan fingerprint density at radius 2 is 2.12 bits per heavy atom. The lowest BCUT2D eigenvalue weighted by Gasteiger charge is -2.24. The largest absolute Gasteiger partial charge is 0.316 e. The van der Waals surface area contributed by atoms with Crippen LogP contribution >= 0.6 is 0 Å². The van der Waals surface area contributed by atoms with Crippen LogP contribution in [0.5, 0.6) is 0 Å². The molecule has 0 aromatic carbocycles. The summed E-state index contributed by atoms with van der Waals surface area (Å²) >= 11 is 0. The van der Waals surface area contributed by atoms with Crippen LogP contribution in [0.15, 0.2) is 24.5 Å². The molecule has 1 aliphatic heterocycles. The lowest BCUT2D eigenvalue weighted by atomic mass is 9.80. The molecule has 2 heterocycles. The maximum atomic E-state index is 13.1. The van der Waals surface area contributed by atoms with E-state index in [9.17, 15) is 4.39 Å². The summed E-state index contributed by atoms with van der Waals surface area (Å²) in [5, 5.41) is 3.42. The third-order valence-corrected chi connectivity index (χ3v) is 3.70. The predicted octanol–water partition coefficient (Wildman–Crippen LogP) is 2.23. The zero-order chi connectivity index (χ0) is 11.0. The molecule has 3 rings (SSSR count). The Balaban J connectivity index is 1.85. The second-order valence-corrected chi connectivity index (χ2v) is 4.74. The van der Waals surface area contributed by atoms with Gasteiger partial charge in [0, 0.05) is 6.20 Å². The Morgan fingerprint density at radius 1 is 1.25 bits per heavy atom. The molecule has 1 N–H and O–H groups in total. The van der Waals surface area contributed by atoms with Gasteiger partial charge < -0.3 is 5.32 Å². The van der Waals surface area contributed by atoms with Gasteiger partial charge in [-0.2, -0.15) is 0 Å². The summed E-state index contributed by atoms with van der Waals surface area (Å²) in [4.78, 5) is 3.91. The molecule has 1 aromatic rings. The molecule has 2 atom stereocenters. The number of nitrogens with one attached hydrogen (secondary N) is 1. The Bertz CT molecular complexity index is 428. The van der Waals surface area contributed by atoms with Crippen LogP contribution in [-0.2, 0) is 0 Å². The highest BCUT2D eigenvalue weighted by molar-refractivity contribution is 5.66. The van der Waals surface area contributed by atoms with Gasteiger partial charge in [-0.25, -0.2) is 4.39 Å². The summed E-state index contributed by atoms with van der Waals surface area (Å²) in [6.45, 7) is 2.24. The van der Waals surface area contributed by atoms with Crippen molar-refractivity contribution in [2.24, 2.45) is 11.8 Å². The second kappa shape index (κ2) is 3.98. The lowest BCUT2D eigenvalue weighted by molar-refractivity contribution is 0.417. The summed E-state index contributed by atoms with van der Waals surface area (Å²) in [7, 11) is 0. The molecular weight excluding hydrogens is 203 g/mol. The van der Waals surface area contributed by atoms with Crippen LogP contribution in [0.1, 0.15) is 18.4 Å². The third-order valence-electron chi connectivity index (χ3n) is 3.70. The zero-order valence-corrected chi connectivity index (χ0v) is 9.12. The second-order valence-electron chi connectivity index (χ2n) is 4.74. The van der Waals surface area contributed by atoms with E-state index in [1.165, 1.54) is 11.8 Å². The molecule has 16 heavy (non-hydrogen) atoms. The van der Waals surface area contributed by atoms with Gasteiger partial charge in [-0.1, -0.05) is 6.08 Å². The molecule has 1 aliphatic carbocycles. The van der Waals surface area contributed by atoms with Crippen LogP contribution in [0.25, 0.3) is 5.57 Å². The lowest BCUT2D eigenvalue weighted by Crippen LogP contribution is -2.16. The molecule has 0 amide bonds. The van der Waals surface area contributed by atoms with Crippen molar-refractivity contribution in [3.8, 4) is 0 Å². The van der Waals surface area contributed by atoms with Crippen LogP contribution in [-0.4, -0.2) is 18.1 Å². The number of hydrogen-bond acceptors (Lipinski definition) is 2. The van der Waals surface area contributed by atoms with Gasteiger partial charge in [-0.05, 0) is 55.0 Å². The van der Waals surface area contributed by atoms with Crippen molar-refractivity contribution in [2.75, 3.05) is 13.1 Å². The van der Waals surface area contributed by atoms with Crippen LogP contribution in [0.2, 0.25) is 0 Å². The van der Waals surface area contributed by atoms with Crippen LogP contribution < -0.4 is 5.32 Å². The molecule has 1 aromatic heterocycles. The fraction of sp³-hybridized carbons (Fsp3) is 0.462. The molecule has 2 aliphatic rings. The summed E-state index contributed by atoms with van der Waals surface area (Å²) in [5.74, 6) is 1.26. The SMILES string of the molecule is Fc1cncc(C2=CCC3CNCC3C2)c1. The average molecular weight is 218 g/mol. The molecule has 84 valence electrons. The van der Waals surface area contributed by atoms with Crippen molar-refractivity contribution < 1.29 is 4.39 Å². The topological polar surface area (TPSA) is 24.9 Å². The van der Waals surface area contributed by atoms with Gasteiger partial charge in [0.1, 0.15) is 5.82 Å². The van der Waals surface area contributed by atoms with Gasteiger partial charge in [0.05, 0.1) is 6.20 Å². The Hall–Kier alpha value is -1.22. The monoisotopic (exact) mass is 218 g/mol. The summed E-state index contributed by atoms with van der Waals surface area (Å²) in [6, 6.07) is 1.58. The Labute approximate surface area is 94.6 Å². The van der Waals surface area contributed by atoms with Gasteiger partial charge in [0.25, 0.3) is 0 Å². The standard InChI is InChI=1S/C13H15FN2/c14-13-4-12(7-16-8-13)9-1-2-10-5-15-6-11(10)3-9/h1,4,7-8,10-11,15H,2-3,5-6H2. The zero-order valence-electron chi connectivity index (χ0n) is 9.12. The van der Waals surface area contributed by atoms with Crippen molar-refractivity contribution in [3.63, 3.8) is 0 Å². The van der Waals surface area contributed by atoms with Crippen molar-refractivity contribution in [2.45, 2.75) is 12.8 Å². The Kier molecular flexibility index (Phi) is 2.48. The number of pyridine rings is 1. The maximum Gasteiger partial charge on any atom is 0.142 e. The van der Waals surface area contributed by atoms with Crippen molar-refractivity contribution in [1.29, 1.82) is 0 Å². The molecule has 0 saturated carbocycles. The van der Waals surface area contributed by atoms with E-state index in [1.807, 2.05) is 0 Å². The van der Waals surface area contributed by atoms with Gasteiger partial charge in [0.15, 0.2) is 0 Å². The highest BCUT2D eigenvalue weighted by Gasteiger charge is 2.30. The molecule has 0 radical (unpaired) electrons. The van der Waals surface area contributed by atoms with E-state index in [4.69, 9.17) is 0 Å². The van der Waals surface area contributed by atoms with Crippen LogP contribution in [0.3, 0.4) is 0 Å². The number of allylic oxidation sites excluding steroid dienone is 2. The highest BCUT2D eigenvalue weighted by Crippen LogP contribution is 2.36. The molecule has 0 spiro atoms. The van der Waals surface area contributed by atoms with Gasteiger partial charge in [-0.3, -0.25) is 4.98 Å². The van der Waals surface area contributed by atoms with Gasteiger partial charge in [-0.15, -0.1) is 0 Å². The van der Waals surface area contributed by atoms with E-state index in [0.717, 1.165) is 43.3 Å². The summed E-state index contributed by atoms with van der Waals surface area (Å²) in [5.41, 5.74) is 2.21. The minimum absolute atomic E-state index is 0.245. The minimum Gasteiger partial charge on any atom is -0.316 e. The fourth-order valence-electron chi connectivity index (χ4n) is 2.78. The Morgan fingerprint density at radius 3 is 3.00 bits per heavy atom. The quantitative estimate of drug-likeness (QED) is 0.782.